The van der Waals surface area contributed by atoms with Crippen LogP contribution in [0.1, 0.15) is 77.9 Å². The topological polar surface area (TPSA) is 107 Å². The zero-order valence-electron chi connectivity index (χ0n) is 23.2. The highest BCUT2D eigenvalue weighted by atomic mass is 19.4. The molecule has 2 aliphatic rings. The quantitative estimate of drug-likeness (QED) is 0.206. The molecule has 1 aliphatic heterocycles. The van der Waals surface area contributed by atoms with Gasteiger partial charge in [-0.25, -0.2) is 0 Å². The third kappa shape index (κ3) is 4.16. The second-order valence-corrected chi connectivity index (χ2v) is 10.6. The number of hydrogen-bond acceptors (Lipinski definition) is 6. The Bertz CT molecular complexity index is 1690. The van der Waals surface area contributed by atoms with Crippen molar-refractivity contribution in [3.05, 3.63) is 99.6 Å². The van der Waals surface area contributed by atoms with E-state index < -0.39 is 80.9 Å². The number of ketones is 2. The van der Waals surface area contributed by atoms with Gasteiger partial charge in [0.1, 0.15) is 5.75 Å². The average Bonchev–Trinajstić information content (AvgIpc) is 3.40. The van der Waals surface area contributed by atoms with E-state index in [2.05, 4.69) is 0 Å². The number of carbonyl (C=O) groups excluding carboxylic acids is 4. The van der Waals surface area contributed by atoms with Crippen molar-refractivity contribution in [1.82, 2.24) is 4.90 Å². The number of ether oxygens (including phenoxy) is 1. The molecule has 2 N–H and O–H groups in total. The van der Waals surface area contributed by atoms with Gasteiger partial charge in [-0.05, 0) is 53.4 Å². The number of rotatable bonds is 7. The van der Waals surface area contributed by atoms with E-state index in [0.29, 0.717) is 35.6 Å². The first-order chi connectivity index (χ1) is 20.6. The van der Waals surface area contributed by atoms with Crippen molar-refractivity contribution in [3.8, 4) is 5.75 Å². The van der Waals surface area contributed by atoms with Gasteiger partial charge in [0, 0.05) is 17.7 Å². The van der Waals surface area contributed by atoms with E-state index in [0.717, 1.165) is 17.0 Å². The van der Waals surface area contributed by atoms with Crippen molar-refractivity contribution < 1.29 is 50.3 Å². The Labute approximate surface area is 246 Å². The Morgan fingerprint density at radius 2 is 1.18 bits per heavy atom. The summed E-state index contributed by atoms with van der Waals surface area (Å²) < 4.78 is 94.5. The molecule has 0 saturated heterocycles. The number of nitrogens with zero attached hydrogens (tertiary/aromatic N) is 1. The van der Waals surface area contributed by atoms with Crippen LogP contribution in [-0.2, 0) is 11.0 Å². The van der Waals surface area contributed by atoms with Gasteiger partial charge in [0.15, 0.2) is 11.6 Å². The van der Waals surface area contributed by atoms with Crippen LogP contribution < -0.4 is 10.5 Å². The molecule has 3 aromatic carbocycles. The fourth-order valence-corrected chi connectivity index (χ4v) is 6.18. The summed E-state index contributed by atoms with van der Waals surface area (Å²) in [5.74, 6) is -3.24. The van der Waals surface area contributed by atoms with Crippen molar-refractivity contribution >= 4 is 23.4 Å². The summed E-state index contributed by atoms with van der Waals surface area (Å²) in [5.41, 5.74) is -4.38. The van der Waals surface area contributed by atoms with Gasteiger partial charge in [0.2, 0.25) is 5.41 Å². The number of fused-ring (bicyclic) bond motifs is 2. The first kappa shape index (κ1) is 30.9. The summed E-state index contributed by atoms with van der Waals surface area (Å²) in [6.07, 6.45) is -12.7. The van der Waals surface area contributed by atoms with E-state index in [4.69, 9.17) is 10.5 Å². The van der Waals surface area contributed by atoms with Crippen LogP contribution in [-0.4, -0.2) is 54.3 Å². The van der Waals surface area contributed by atoms with Gasteiger partial charge in [0.05, 0.1) is 30.2 Å². The van der Waals surface area contributed by atoms with E-state index in [1.165, 1.54) is 7.11 Å². The predicted molar refractivity (Wildman–Crippen MR) is 144 cm³/mol. The van der Waals surface area contributed by atoms with E-state index in [9.17, 15) is 45.5 Å². The zero-order valence-corrected chi connectivity index (χ0v) is 23.2. The second-order valence-electron chi connectivity index (χ2n) is 10.6. The maximum absolute atomic E-state index is 14.9. The van der Waals surface area contributed by atoms with Crippen molar-refractivity contribution in [2.24, 2.45) is 5.73 Å². The van der Waals surface area contributed by atoms with Gasteiger partial charge in [-0.2, -0.15) is 26.3 Å². The monoisotopic (exact) mass is 618 g/mol. The van der Waals surface area contributed by atoms with Crippen LogP contribution in [0.25, 0.3) is 0 Å². The third-order valence-corrected chi connectivity index (χ3v) is 8.52. The van der Waals surface area contributed by atoms with Gasteiger partial charge < -0.3 is 10.5 Å². The first-order valence-electron chi connectivity index (χ1n) is 13.3. The minimum atomic E-state index is -6.04. The molecule has 0 fully saturated rings. The smallest absolute Gasteiger partial charge is 0.411 e. The largest absolute Gasteiger partial charge is 0.497 e. The predicted octanol–water partition coefficient (Wildman–Crippen LogP) is 5.74. The van der Waals surface area contributed by atoms with Gasteiger partial charge in [-0.1, -0.05) is 37.3 Å². The molecule has 0 spiro atoms. The minimum Gasteiger partial charge on any atom is -0.497 e. The van der Waals surface area contributed by atoms with Gasteiger partial charge in [-0.3, -0.25) is 24.1 Å². The number of hydrogen-bond donors (Lipinski definition) is 1. The zero-order chi connectivity index (χ0) is 32.4. The van der Waals surface area contributed by atoms with E-state index in [1.807, 2.05) is 0 Å². The molecule has 1 aliphatic carbocycles. The second kappa shape index (κ2) is 10.3. The highest BCUT2D eigenvalue weighted by Crippen LogP contribution is 2.57. The standard InChI is InChI=1S/C31H24F6N2O5/c1-3-28(15-38,16-4-8-19(44-2)9-5-16)39-26(42)21-11-7-18(13-23(21)27(39)43)29(30(32,33)34,31(35,36)37)17-6-10-20-22(12-17)25(41)14-24(20)40/h4-13H,3,14-15,38H2,1-2H3. The highest BCUT2D eigenvalue weighted by molar-refractivity contribution is 6.24. The van der Waals surface area contributed by atoms with Crippen LogP contribution in [0.2, 0.25) is 0 Å². The SMILES string of the molecule is CCC(CN)(c1ccc(OC)cc1)N1C(=O)c2ccc(C(c3ccc4c(c3)C(=O)CC4=O)(C(F)(F)F)C(F)(F)F)cc2C1=O. The molecule has 230 valence electrons. The molecule has 2 amide bonds. The number of benzene rings is 3. The molecule has 7 nitrogen and oxygen atoms in total. The van der Waals surface area contributed by atoms with E-state index in [-0.39, 0.29) is 18.5 Å². The lowest BCUT2D eigenvalue weighted by molar-refractivity contribution is -0.288. The summed E-state index contributed by atoms with van der Waals surface area (Å²) in [6, 6.07) is 9.59. The maximum atomic E-state index is 14.9. The molecule has 3 aromatic rings. The van der Waals surface area contributed by atoms with Crippen molar-refractivity contribution in [2.45, 2.75) is 43.1 Å². The van der Waals surface area contributed by atoms with Gasteiger partial charge in [0.25, 0.3) is 11.8 Å². The summed E-state index contributed by atoms with van der Waals surface area (Å²) in [7, 11) is 1.43. The molecule has 44 heavy (non-hydrogen) atoms. The summed E-state index contributed by atoms with van der Waals surface area (Å²) in [6.45, 7) is 1.33. The fraction of sp³-hybridized carbons (Fsp3) is 0.290. The van der Waals surface area contributed by atoms with Crippen LogP contribution >= 0.6 is 0 Å². The Balaban J connectivity index is 1.71. The van der Waals surface area contributed by atoms with Crippen LogP contribution in [0.4, 0.5) is 26.3 Å². The Kier molecular flexibility index (Phi) is 7.23. The number of methoxy groups -OCH3 is 1. The van der Waals surface area contributed by atoms with Crippen molar-refractivity contribution in [1.29, 1.82) is 0 Å². The third-order valence-electron chi connectivity index (χ3n) is 8.52. The molecule has 1 atom stereocenters. The molecule has 1 unspecified atom stereocenters. The molecule has 0 radical (unpaired) electrons. The summed E-state index contributed by atoms with van der Waals surface area (Å²) in [5, 5.41) is 0. The van der Waals surface area contributed by atoms with E-state index >= 15 is 0 Å². The molecular weight excluding hydrogens is 594 g/mol. The van der Waals surface area contributed by atoms with Crippen LogP contribution in [0.5, 0.6) is 5.75 Å². The number of alkyl halides is 6. The number of amides is 2. The number of nitrogens with two attached hydrogens (primary N) is 1. The molecular formula is C31H24F6N2O5. The fourth-order valence-electron chi connectivity index (χ4n) is 6.18. The maximum Gasteiger partial charge on any atom is 0.411 e. The minimum absolute atomic E-state index is 0.0745. The molecule has 0 saturated carbocycles. The number of Topliss-reactive ketones (excluding diaryl/α,β-unsaturated/α-hetero) is 2. The summed E-state index contributed by atoms with van der Waals surface area (Å²) in [4.78, 5) is 52.5. The number of imide groups is 1. The normalized spacial score (nSPS) is 16.7. The average molecular weight is 619 g/mol. The lowest BCUT2D eigenvalue weighted by Crippen LogP contribution is -2.55. The molecule has 0 bridgehead atoms. The van der Waals surface area contributed by atoms with Gasteiger partial charge in [-0.15, -0.1) is 0 Å². The molecule has 1 heterocycles. The van der Waals surface area contributed by atoms with Crippen LogP contribution in [0.15, 0.2) is 60.7 Å². The van der Waals surface area contributed by atoms with Crippen molar-refractivity contribution in [3.63, 3.8) is 0 Å². The number of halogens is 6. The van der Waals surface area contributed by atoms with E-state index in [1.54, 1.807) is 31.2 Å². The molecule has 13 heteroatoms. The molecule has 5 rings (SSSR count). The lowest BCUT2D eigenvalue weighted by Gasteiger charge is -2.39. The number of carbonyl (C=O) groups is 4. The van der Waals surface area contributed by atoms with Crippen LogP contribution in [0.3, 0.4) is 0 Å². The Morgan fingerprint density at radius 3 is 1.68 bits per heavy atom. The highest BCUT2D eigenvalue weighted by Gasteiger charge is 2.73. The Morgan fingerprint density at radius 1 is 0.705 bits per heavy atom. The van der Waals surface area contributed by atoms with Crippen molar-refractivity contribution in [2.75, 3.05) is 13.7 Å². The van der Waals surface area contributed by atoms with Gasteiger partial charge >= 0.3 is 12.4 Å². The lowest BCUT2D eigenvalue weighted by atomic mass is 9.71. The van der Waals surface area contributed by atoms with Crippen LogP contribution in [0, 0.1) is 0 Å². The Hall–Kier alpha value is -4.52. The summed E-state index contributed by atoms with van der Waals surface area (Å²) >= 11 is 0. The molecule has 0 aromatic heterocycles. The first-order valence-corrected chi connectivity index (χ1v) is 13.3.